The van der Waals surface area contributed by atoms with Gasteiger partial charge in [-0.15, -0.1) is 10.2 Å². The highest BCUT2D eigenvalue weighted by Crippen LogP contribution is 2.25. The van der Waals surface area contributed by atoms with Crippen molar-refractivity contribution in [2.45, 2.75) is 44.8 Å². The van der Waals surface area contributed by atoms with Crippen molar-refractivity contribution in [3.8, 4) is 5.75 Å². The minimum Gasteiger partial charge on any atom is -0.490 e. The number of piperidine rings is 1. The molecule has 0 bridgehead atoms. The lowest BCUT2D eigenvalue weighted by Gasteiger charge is -2.32. The van der Waals surface area contributed by atoms with Gasteiger partial charge in [0.1, 0.15) is 11.9 Å². The molecule has 7 nitrogen and oxygen atoms in total. The summed E-state index contributed by atoms with van der Waals surface area (Å²) in [5.41, 5.74) is 2.12. The van der Waals surface area contributed by atoms with Crippen molar-refractivity contribution in [1.82, 2.24) is 15.1 Å². The van der Waals surface area contributed by atoms with E-state index in [1.165, 1.54) is 5.56 Å². The van der Waals surface area contributed by atoms with E-state index in [2.05, 4.69) is 23.2 Å². The topological polar surface area (TPSA) is 77.7 Å². The van der Waals surface area contributed by atoms with E-state index in [1.807, 2.05) is 53.4 Å². The molecule has 7 heteroatoms. The number of aryl methyl sites for hydroxylation is 2. The lowest BCUT2D eigenvalue weighted by atomic mass is 10.1. The monoisotopic (exact) mass is 435 g/mol. The van der Waals surface area contributed by atoms with Gasteiger partial charge in [-0.05, 0) is 30.2 Å². The van der Waals surface area contributed by atoms with Gasteiger partial charge in [-0.25, -0.2) is 0 Å². The van der Waals surface area contributed by atoms with Gasteiger partial charge in [0.15, 0.2) is 6.10 Å². The van der Waals surface area contributed by atoms with E-state index in [-0.39, 0.29) is 12.0 Å². The fourth-order valence-corrected chi connectivity index (χ4v) is 3.96. The molecule has 1 aliphatic rings. The van der Waals surface area contributed by atoms with Gasteiger partial charge in [0.25, 0.3) is 0 Å². The summed E-state index contributed by atoms with van der Waals surface area (Å²) in [5, 5.41) is 8.23. The highest BCUT2D eigenvalue weighted by atomic mass is 16.5. The lowest BCUT2D eigenvalue weighted by Crippen LogP contribution is -2.41. The van der Waals surface area contributed by atoms with Gasteiger partial charge in [0.2, 0.25) is 17.7 Å². The van der Waals surface area contributed by atoms with Gasteiger partial charge in [-0.2, -0.15) is 0 Å². The first kappa shape index (κ1) is 22.0. The number of amides is 1. The number of likely N-dealkylation sites (tertiary alicyclic amines) is 1. The average molecular weight is 436 g/mol. The maximum atomic E-state index is 12.7. The maximum absolute atomic E-state index is 12.7. The molecule has 3 aromatic rings. The molecule has 0 spiro atoms. The first-order valence-electron chi connectivity index (χ1n) is 11.0. The van der Waals surface area contributed by atoms with Crippen LogP contribution in [0, 0.1) is 6.92 Å². The molecule has 1 aromatic heterocycles. The summed E-state index contributed by atoms with van der Waals surface area (Å²) in [6.07, 6.45) is 2.14. The Labute approximate surface area is 188 Å². The average Bonchev–Trinajstić information content (AvgIpc) is 3.28. The number of hydrogen-bond donors (Lipinski definition) is 0. The van der Waals surface area contributed by atoms with Crippen LogP contribution in [0.2, 0.25) is 0 Å². The van der Waals surface area contributed by atoms with E-state index >= 15 is 0 Å². The number of nitrogens with zero attached hydrogens (tertiary/aromatic N) is 3. The van der Waals surface area contributed by atoms with Gasteiger partial charge in [-0.3, -0.25) is 4.79 Å². The standard InChI is InChI=1S/C25H29N3O4/c1-18-7-6-10-21(17-18)31-20-13-15-28(16-14-20)23(29)12-11-22-26-27-25(32-22)24(30-2)19-8-4-3-5-9-19/h3-10,17,20,24H,11-16H2,1-2H3/t24-/m0/s1. The van der Waals surface area contributed by atoms with E-state index in [1.54, 1.807) is 7.11 Å². The molecule has 0 radical (unpaired) electrons. The van der Waals surface area contributed by atoms with E-state index in [9.17, 15) is 4.79 Å². The molecule has 1 saturated heterocycles. The number of hydrogen-bond acceptors (Lipinski definition) is 6. The van der Waals surface area contributed by atoms with Gasteiger partial charge in [0.05, 0.1) is 0 Å². The van der Waals surface area contributed by atoms with Crippen LogP contribution in [0.4, 0.5) is 0 Å². The highest BCUT2D eigenvalue weighted by molar-refractivity contribution is 5.76. The first-order chi connectivity index (χ1) is 15.6. The van der Waals surface area contributed by atoms with Gasteiger partial charge < -0.3 is 18.8 Å². The largest absolute Gasteiger partial charge is 0.490 e. The molecule has 1 atom stereocenters. The Balaban J connectivity index is 1.25. The van der Waals surface area contributed by atoms with Crippen LogP contribution in [-0.2, 0) is 16.0 Å². The maximum Gasteiger partial charge on any atom is 0.249 e. The number of ether oxygens (including phenoxy) is 2. The normalized spacial score (nSPS) is 15.5. The summed E-state index contributed by atoms with van der Waals surface area (Å²) < 4.78 is 17.4. The third kappa shape index (κ3) is 5.53. The van der Waals surface area contributed by atoms with E-state index in [0.29, 0.717) is 37.7 Å². The van der Waals surface area contributed by atoms with Gasteiger partial charge >= 0.3 is 0 Å². The zero-order valence-electron chi connectivity index (χ0n) is 18.6. The van der Waals surface area contributed by atoms with Crippen LogP contribution in [0.25, 0.3) is 0 Å². The predicted molar refractivity (Wildman–Crippen MR) is 119 cm³/mol. The van der Waals surface area contributed by atoms with Crippen molar-refractivity contribution in [2.75, 3.05) is 20.2 Å². The predicted octanol–water partition coefficient (Wildman–Crippen LogP) is 4.12. The second kappa shape index (κ2) is 10.4. The van der Waals surface area contributed by atoms with Crippen molar-refractivity contribution in [3.05, 3.63) is 77.5 Å². The minimum atomic E-state index is -0.416. The second-order valence-electron chi connectivity index (χ2n) is 8.07. The molecule has 2 aromatic carbocycles. The number of aromatic nitrogens is 2. The zero-order valence-corrected chi connectivity index (χ0v) is 18.6. The smallest absolute Gasteiger partial charge is 0.249 e. The third-order valence-electron chi connectivity index (χ3n) is 5.68. The highest BCUT2D eigenvalue weighted by Gasteiger charge is 2.25. The molecule has 32 heavy (non-hydrogen) atoms. The van der Waals surface area contributed by atoms with Gasteiger partial charge in [0, 0.05) is 45.9 Å². The molecule has 1 fully saturated rings. The molecule has 0 unspecified atom stereocenters. The quantitative estimate of drug-likeness (QED) is 0.530. The van der Waals surface area contributed by atoms with E-state index < -0.39 is 6.10 Å². The summed E-state index contributed by atoms with van der Waals surface area (Å²) in [5.74, 6) is 1.84. The number of benzene rings is 2. The first-order valence-corrected chi connectivity index (χ1v) is 11.0. The Hall–Kier alpha value is -3.19. The van der Waals surface area contributed by atoms with Crippen molar-refractivity contribution >= 4 is 5.91 Å². The molecule has 1 aliphatic heterocycles. The lowest BCUT2D eigenvalue weighted by molar-refractivity contribution is -0.133. The fourth-order valence-electron chi connectivity index (χ4n) is 3.96. The second-order valence-corrected chi connectivity index (χ2v) is 8.07. The molecule has 1 amide bonds. The summed E-state index contributed by atoms with van der Waals surface area (Å²) in [4.78, 5) is 14.6. The van der Waals surface area contributed by atoms with Crippen LogP contribution >= 0.6 is 0 Å². The third-order valence-corrected chi connectivity index (χ3v) is 5.68. The van der Waals surface area contributed by atoms with Crippen LogP contribution in [0.15, 0.2) is 59.0 Å². The van der Waals surface area contributed by atoms with Crippen molar-refractivity contribution in [3.63, 3.8) is 0 Å². The summed E-state index contributed by atoms with van der Waals surface area (Å²) in [6.45, 7) is 3.45. The zero-order chi connectivity index (χ0) is 22.3. The Morgan fingerprint density at radius 3 is 2.62 bits per heavy atom. The Morgan fingerprint density at radius 2 is 1.91 bits per heavy atom. The van der Waals surface area contributed by atoms with Crippen molar-refractivity contribution in [2.24, 2.45) is 0 Å². The van der Waals surface area contributed by atoms with Crippen LogP contribution in [0.3, 0.4) is 0 Å². The number of carbonyl (C=O) groups excluding carboxylic acids is 1. The number of methoxy groups -OCH3 is 1. The molecule has 2 heterocycles. The van der Waals surface area contributed by atoms with Crippen LogP contribution in [0.1, 0.15) is 48.3 Å². The molecular weight excluding hydrogens is 406 g/mol. The Kier molecular flexibility index (Phi) is 7.17. The minimum absolute atomic E-state index is 0.102. The molecule has 0 aliphatic carbocycles. The van der Waals surface area contributed by atoms with E-state index in [4.69, 9.17) is 13.9 Å². The van der Waals surface area contributed by atoms with E-state index in [0.717, 1.165) is 24.2 Å². The fraction of sp³-hybridized carbons (Fsp3) is 0.400. The van der Waals surface area contributed by atoms with Gasteiger partial charge in [-0.1, -0.05) is 42.5 Å². The Morgan fingerprint density at radius 1 is 1.12 bits per heavy atom. The van der Waals surface area contributed by atoms with Crippen molar-refractivity contribution < 1.29 is 18.7 Å². The molecule has 4 rings (SSSR count). The summed E-state index contributed by atoms with van der Waals surface area (Å²) in [6, 6.07) is 17.8. The Bertz CT molecular complexity index is 1010. The summed E-state index contributed by atoms with van der Waals surface area (Å²) >= 11 is 0. The van der Waals surface area contributed by atoms with Crippen LogP contribution in [-0.4, -0.2) is 47.3 Å². The summed E-state index contributed by atoms with van der Waals surface area (Å²) in [7, 11) is 1.61. The molecular formula is C25H29N3O4. The van der Waals surface area contributed by atoms with Crippen LogP contribution in [0.5, 0.6) is 5.75 Å². The molecule has 0 saturated carbocycles. The molecule has 0 N–H and O–H groups in total. The number of carbonyl (C=O) groups is 1. The van der Waals surface area contributed by atoms with Crippen LogP contribution < -0.4 is 4.74 Å². The molecule has 168 valence electrons. The number of rotatable bonds is 8. The van der Waals surface area contributed by atoms with Crippen molar-refractivity contribution in [1.29, 1.82) is 0 Å². The SMILES string of the molecule is CO[C@@H](c1ccccc1)c1nnc(CCC(=O)N2CCC(Oc3cccc(C)c3)CC2)o1.